The van der Waals surface area contributed by atoms with Gasteiger partial charge < -0.3 is 10.0 Å². The maximum absolute atomic E-state index is 12.7. The number of carboxylic acids is 1. The van der Waals surface area contributed by atoms with Crippen LogP contribution in [0.1, 0.15) is 65.7 Å². The fraction of sp³-hybridized carbons (Fsp3) is 0.882. The highest BCUT2D eigenvalue weighted by atomic mass is 16.4. The number of aliphatic carboxylic acids is 1. The smallest absolute Gasteiger partial charge is 0.303 e. The van der Waals surface area contributed by atoms with Gasteiger partial charge in [-0.2, -0.15) is 0 Å². The van der Waals surface area contributed by atoms with Gasteiger partial charge in [-0.3, -0.25) is 9.59 Å². The molecular weight excluding hydrogens is 266 g/mol. The van der Waals surface area contributed by atoms with Gasteiger partial charge in [0.15, 0.2) is 0 Å². The van der Waals surface area contributed by atoms with Crippen molar-refractivity contribution in [1.29, 1.82) is 0 Å². The summed E-state index contributed by atoms with van der Waals surface area (Å²) in [6.45, 7) is 7.85. The lowest BCUT2D eigenvalue weighted by Gasteiger charge is -2.37. The second-order valence-corrected chi connectivity index (χ2v) is 6.54. The Labute approximate surface area is 128 Å². The Balaban J connectivity index is 2.61. The Hall–Kier alpha value is -1.06. The van der Waals surface area contributed by atoms with Crippen LogP contribution in [0.15, 0.2) is 0 Å². The molecule has 0 aromatic carbocycles. The molecule has 4 heteroatoms. The van der Waals surface area contributed by atoms with Crippen LogP contribution in [0.4, 0.5) is 0 Å². The van der Waals surface area contributed by atoms with Crippen LogP contribution in [0, 0.1) is 17.8 Å². The van der Waals surface area contributed by atoms with Gasteiger partial charge in [-0.1, -0.05) is 33.6 Å². The number of carbonyl (C=O) groups excluding carboxylic acids is 1. The lowest BCUT2D eigenvalue weighted by molar-refractivity contribution is -0.139. The predicted octanol–water partition coefficient (Wildman–Crippen LogP) is 3.55. The minimum absolute atomic E-state index is 0.147. The van der Waals surface area contributed by atoms with Gasteiger partial charge in [0.05, 0.1) is 0 Å². The first-order valence-corrected chi connectivity index (χ1v) is 8.50. The zero-order chi connectivity index (χ0) is 15.8. The van der Waals surface area contributed by atoms with E-state index in [0.29, 0.717) is 11.8 Å². The monoisotopic (exact) mass is 297 g/mol. The molecule has 2 atom stereocenters. The zero-order valence-corrected chi connectivity index (χ0v) is 13.8. The van der Waals surface area contributed by atoms with Crippen LogP contribution in [-0.4, -0.2) is 35.0 Å². The van der Waals surface area contributed by atoms with Crippen LogP contribution in [0.3, 0.4) is 0 Å². The predicted molar refractivity (Wildman–Crippen MR) is 84.0 cm³/mol. The van der Waals surface area contributed by atoms with Gasteiger partial charge in [0.25, 0.3) is 0 Å². The van der Waals surface area contributed by atoms with Gasteiger partial charge in [-0.15, -0.1) is 0 Å². The summed E-state index contributed by atoms with van der Waals surface area (Å²) in [4.78, 5) is 25.5. The molecule has 1 N–H and O–H groups in total. The fourth-order valence-corrected chi connectivity index (χ4v) is 3.46. The first-order chi connectivity index (χ1) is 9.99. The SMILES string of the molecule is CCCC(CCC)C(=O)N1CCCC(C(C)CC(=O)O)C1. The maximum atomic E-state index is 12.7. The van der Waals surface area contributed by atoms with Crippen LogP contribution in [0.2, 0.25) is 0 Å². The highest BCUT2D eigenvalue weighted by Crippen LogP contribution is 2.28. The number of hydrogen-bond acceptors (Lipinski definition) is 2. The van der Waals surface area contributed by atoms with E-state index in [1.165, 1.54) is 0 Å². The van der Waals surface area contributed by atoms with Crippen molar-refractivity contribution >= 4 is 11.9 Å². The first-order valence-electron chi connectivity index (χ1n) is 8.50. The van der Waals surface area contributed by atoms with Crippen molar-refractivity contribution in [3.05, 3.63) is 0 Å². The molecule has 4 nitrogen and oxygen atoms in total. The molecule has 0 radical (unpaired) electrons. The quantitative estimate of drug-likeness (QED) is 0.745. The zero-order valence-electron chi connectivity index (χ0n) is 13.8. The van der Waals surface area contributed by atoms with E-state index >= 15 is 0 Å². The molecule has 1 heterocycles. The molecular formula is C17H31NO3. The molecule has 122 valence electrons. The molecule has 1 aliphatic heterocycles. The molecule has 1 aliphatic rings. The Morgan fingerprint density at radius 1 is 1.24 bits per heavy atom. The number of likely N-dealkylation sites (tertiary alicyclic amines) is 1. The van der Waals surface area contributed by atoms with Crippen LogP contribution in [0.25, 0.3) is 0 Å². The average molecular weight is 297 g/mol. The van der Waals surface area contributed by atoms with Crippen molar-refractivity contribution in [2.75, 3.05) is 13.1 Å². The normalized spacial score (nSPS) is 20.6. The van der Waals surface area contributed by atoms with Crippen LogP contribution in [-0.2, 0) is 9.59 Å². The topological polar surface area (TPSA) is 57.6 Å². The van der Waals surface area contributed by atoms with E-state index in [1.807, 2.05) is 11.8 Å². The molecule has 1 saturated heterocycles. The molecule has 1 amide bonds. The molecule has 0 saturated carbocycles. The second-order valence-electron chi connectivity index (χ2n) is 6.54. The van der Waals surface area contributed by atoms with Gasteiger partial charge in [-0.25, -0.2) is 0 Å². The van der Waals surface area contributed by atoms with Crippen molar-refractivity contribution in [2.45, 2.75) is 65.7 Å². The maximum Gasteiger partial charge on any atom is 0.303 e. The number of piperidine rings is 1. The van der Waals surface area contributed by atoms with Gasteiger partial charge in [0.1, 0.15) is 0 Å². The molecule has 1 fully saturated rings. The number of amides is 1. The average Bonchev–Trinajstić information content (AvgIpc) is 2.45. The van der Waals surface area contributed by atoms with Crippen molar-refractivity contribution in [3.8, 4) is 0 Å². The second kappa shape index (κ2) is 9.06. The number of carbonyl (C=O) groups is 2. The Morgan fingerprint density at radius 3 is 2.38 bits per heavy atom. The van der Waals surface area contributed by atoms with E-state index in [4.69, 9.17) is 5.11 Å². The largest absolute Gasteiger partial charge is 0.481 e. The third-order valence-electron chi connectivity index (χ3n) is 4.69. The third-order valence-corrected chi connectivity index (χ3v) is 4.69. The van der Waals surface area contributed by atoms with Crippen LogP contribution >= 0.6 is 0 Å². The van der Waals surface area contributed by atoms with Gasteiger partial charge in [0.2, 0.25) is 5.91 Å². The summed E-state index contributed by atoms with van der Waals surface area (Å²) in [6.07, 6.45) is 6.29. The van der Waals surface area contributed by atoms with E-state index in [-0.39, 0.29) is 18.3 Å². The van der Waals surface area contributed by atoms with E-state index in [1.54, 1.807) is 0 Å². The fourth-order valence-electron chi connectivity index (χ4n) is 3.46. The van der Waals surface area contributed by atoms with Gasteiger partial charge >= 0.3 is 5.97 Å². The van der Waals surface area contributed by atoms with Crippen LogP contribution < -0.4 is 0 Å². The van der Waals surface area contributed by atoms with E-state index in [2.05, 4.69) is 13.8 Å². The van der Waals surface area contributed by atoms with Crippen LogP contribution in [0.5, 0.6) is 0 Å². The number of nitrogens with zero attached hydrogens (tertiary/aromatic N) is 1. The lowest BCUT2D eigenvalue weighted by atomic mass is 9.84. The minimum atomic E-state index is -0.735. The van der Waals surface area contributed by atoms with E-state index < -0.39 is 5.97 Å². The standard InChI is InChI=1S/C17H31NO3/c1-4-7-14(8-5-2)17(21)18-10-6-9-15(12-18)13(3)11-16(19)20/h13-15H,4-12H2,1-3H3,(H,19,20). The van der Waals surface area contributed by atoms with Crippen molar-refractivity contribution < 1.29 is 14.7 Å². The summed E-state index contributed by atoms with van der Waals surface area (Å²) < 4.78 is 0. The molecule has 21 heavy (non-hydrogen) atoms. The molecule has 1 rings (SSSR count). The Bertz CT molecular complexity index is 337. The summed E-state index contributed by atoms with van der Waals surface area (Å²) in [5, 5.41) is 8.94. The third kappa shape index (κ3) is 5.68. The van der Waals surface area contributed by atoms with E-state index in [0.717, 1.165) is 51.6 Å². The molecule has 0 aromatic heterocycles. The lowest BCUT2D eigenvalue weighted by Crippen LogP contribution is -2.44. The summed E-state index contributed by atoms with van der Waals surface area (Å²) in [6, 6.07) is 0. The number of carboxylic acid groups (broad SMARTS) is 1. The van der Waals surface area contributed by atoms with Gasteiger partial charge in [-0.05, 0) is 37.5 Å². The Kier molecular flexibility index (Phi) is 7.76. The molecule has 0 spiro atoms. The van der Waals surface area contributed by atoms with Crippen molar-refractivity contribution in [1.82, 2.24) is 4.90 Å². The molecule has 0 aliphatic carbocycles. The summed E-state index contributed by atoms with van der Waals surface area (Å²) in [7, 11) is 0. The Morgan fingerprint density at radius 2 is 1.86 bits per heavy atom. The van der Waals surface area contributed by atoms with Crippen molar-refractivity contribution in [3.63, 3.8) is 0 Å². The molecule has 0 bridgehead atoms. The highest BCUT2D eigenvalue weighted by molar-refractivity contribution is 5.79. The summed E-state index contributed by atoms with van der Waals surface area (Å²) in [5.74, 6) is 0.205. The molecule has 0 aromatic rings. The minimum Gasteiger partial charge on any atom is -0.481 e. The number of hydrogen-bond donors (Lipinski definition) is 1. The van der Waals surface area contributed by atoms with E-state index in [9.17, 15) is 9.59 Å². The number of rotatable bonds is 8. The first kappa shape index (κ1) is 18.0. The highest BCUT2D eigenvalue weighted by Gasteiger charge is 2.30. The summed E-state index contributed by atoms with van der Waals surface area (Å²) in [5.41, 5.74) is 0. The van der Waals surface area contributed by atoms with Gasteiger partial charge in [0, 0.05) is 25.4 Å². The summed E-state index contributed by atoms with van der Waals surface area (Å²) >= 11 is 0. The van der Waals surface area contributed by atoms with Crippen molar-refractivity contribution in [2.24, 2.45) is 17.8 Å². The molecule has 2 unspecified atom stereocenters.